The number of fused-ring (bicyclic) bond motifs is 1. The van der Waals surface area contributed by atoms with Gasteiger partial charge in [0.1, 0.15) is 12.2 Å². The van der Waals surface area contributed by atoms with Gasteiger partial charge in [0.05, 0.1) is 5.39 Å². The minimum absolute atomic E-state index is 0.00538. The van der Waals surface area contributed by atoms with Crippen molar-refractivity contribution in [1.82, 2.24) is 10.0 Å². The fraction of sp³-hybridized carbons (Fsp3) is 0.0833. The summed E-state index contributed by atoms with van der Waals surface area (Å²) in [6, 6.07) is 25.4. The molecule has 0 radical (unpaired) electrons. The maximum absolute atomic E-state index is 12.9. The molecule has 6 heteroatoms. The number of rotatable bonds is 6. The van der Waals surface area contributed by atoms with E-state index in [1.807, 2.05) is 60.7 Å². The van der Waals surface area contributed by atoms with Gasteiger partial charge in [-0.1, -0.05) is 78.9 Å². The Morgan fingerprint density at radius 3 is 2.07 bits per heavy atom. The zero-order chi connectivity index (χ0) is 20.9. The molecule has 0 bridgehead atoms. The van der Waals surface area contributed by atoms with Gasteiger partial charge in [-0.3, -0.25) is 9.59 Å². The van der Waals surface area contributed by atoms with E-state index in [0.717, 1.165) is 15.9 Å². The second-order valence-corrected chi connectivity index (χ2v) is 6.77. The standard InChI is InChI=1S/C24H20N2O4/c27-22(25-15-17-9-3-1-4-10-17)21-19-13-7-8-14-20(19)23(28)26(24(21)29)30-16-18-11-5-2-6-12-18/h1-14,29H,15-16H2,(H,25,27). The fourth-order valence-electron chi connectivity index (χ4n) is 3.24. The van der Waals surface area contributed by atoms with Crippen LogP contribution >= 0.6 is 0 Å². The predicted molar refractivity (Wildman–Crippen MR) is 114 cm³/mol. The van der Waals surface area contributed by atoms with Crippen LogP contribution in [0.15, 0.2) is 89.7 Å². The van der Waals surface area contributed by atoms with Crippen molar-refractivity contribution in [2.75, 3.05) is 0 Å². The molecule has 0 aliphatic rings. The number of pyridine rings is 1. The number of hydrogen-bond donors (Lipinski definition) is 2. The molecule has 0 aliphatic carbocycles. The molecule has 0 spiro atoms. The molecule has 6 nitrogen and oxygen atoms in total. The molecule has 0 aliphatic heterocycles. The largest absolute Gasteiger partial charge is 0.492 e. The molecule has 1 aromatic heterocycles. The molecule has 0 atom stereocenters. The molecule has 4 aromatic rings. The Morgan fingerprint density at radius 1 is 0.833 bits per heavy atom. The molecule has 30 heavy (non-hydrogen) atoms. The summed E-state index contributed by atoms with van der Waals surface area (Å²) in [5.41, 5.74) is 1.21. The zero-order valence-corrected chi connectivity index (χ0v) is 16.1. The van der Waals surface area contributed by atoms with Crippen LogP contribution < -0.4 is 15.7 Å². The first-order valence-corrected chi connectivity index (χ1v) is 9.51. The molecule has 4 rings (SSSR count). The van der Waals surface area contributed by atoms with Crippen molar-refractivity contribution in [3.8, 4) is 5.88 Å². The van der Waals surface area contributed by atoms with Crippen molar-refractivity contribution in [2.24, 2.45) is 0 Å². The third kappa shape index (κ3) is 3.89. The van der Waals surface area contributed by atoms with Crippen LogP contribution in [0.2, 0.25) is 0 Å². The highest BCUT2D eigenvalue weighted by Gasteiger charge is 2.22. The summed E-state index contributed by atoms with van der Waals surface area (Å²) in [5.74, 6) is -1.02. The molecule has 3 aromatic carbocycles. The van der Waals surface area contributed by atoms with Crippen LogP contribution in [0.4, 0.5) is 0 Å². The Kier molecular flexibility index (Phi) is 5.48. The van der Waals surface area contributed by atoms with Gasteiger partial charge in [0.15, 0.2) is 0 Å². The third-order valence-electron chi connectivity index (χ3n) is 4.75. The molecular formula is C24H20N2O4. The molecular weight excluding hydrogens is 380 g/mol. The van der Waals surface area contributed by atoms with Crippen molar-refractivity contribution >= 4 is 16.7 Å². The summed E-state index contributed by atoms with van der Waals surface area (Å²) in [6.45, 7) is 0.356. The lowest BCUT2D eigenvalue weighted by Crippen LogP contribution is -2.31. The number of benzene rings is 3. The Morgan fingerprint density at radius 2 is 1.40 bits per heavy atom. The lowest BCUT2D eigenvalue weighted by Gasteiger charge is -2.16. The predicted octanol–water partition coefficient (Wildman–Crippen LogP) is 3.27. The van der Waals surface area contributed by atoms with Gasteiger partial charge in [-0.15, -0.1) is 4.73 Å². The van der Waals surface area contributed by atoms with E-state index in [9.17, 15) is 14.7 Å². The van der Waals surface area contributed by atoms with Crippen LogP contribution in [0.3, 0.4) is 0 Å². The maximum atomic E-state index is 12.9. The second-order valence-electron chi connectivity index (χ2n) is 6.77. The summed E-state index contributed by atoms with van der Waals surface area (Å²) in [4.78, 5) is 31.4. The number of carbonyl (C=O) groups is 1. The van der Waals surface area contributed by atoms with Crippen molar-refractivity contribution in [3.63, 3.8) is 0 Å². The van der Waals surface area contributed by atoms with Crippen molar-refractivity contribution in [1.29, 1.82) is 0 Å². The quantitative estimate of drug-likeness (QED) is 0.521. The summed E-state index contributed by atoms with van der Waals surface area (Å²) < 4.78 is 0.784. The first-order chi connectivity index (χ1) is 14.6. The van der Waals surface area contributed by atoms with Crippen LogP contribution in [-0.4, -0.2) is 15.7 Å². The summed E-state index contributed by atoms with van der Waals surface area (Å²) in [7, 11) is 0. The Balaban J connectivity index is 1.70. The Bertz CT molecular complexity index is 1230. The van der Waals surface area contributed by atoms with Gasteiger partial charge in [-0.25, -0.2) is 0 Å². The van der Waals surface area contributed by atoms with Gasteiger partial charge in [0.25, 0.3) is 11.5 Å². The zero-order valence-electron chi connectivity index (χ0n) is 16.1. The van der Waals surface area contributed by atoms with Gasteiger partial charge < -0.3 is 15.3 Å². The van der Waals surface area contributed by atoms with E-state index in [0.29, 0.717) is 5.39 Å². The molecule has 1 heterocycles. The van der Waals surface area contributed by atoms with E-state index >= 15 is 0 Å². The minimum atomic E-state index is -0.529. The number of hydrogen-bond acceptors (Lipinski definition) is 4. The lowest BCUT2D eigenvalue weighted by atomic mass is 10.1. The molecule has 0 saturated carbocycles. The van der Waals surface area contributed by atoms with E-state index in [4.69, 9.17) is 4.84 Å². The lowest BCUT2D eigenvalue weighted by molar-refractivity contribution is 0.0698. The highest BCUT2D eigenvalue weighted by atomic mass is 16.7. The van der Waals surface area contributed by atoms with E-state index in [-0.39, 0.29) is 24.1 Å². The number of aromatic hydroxyl groups is 1. The molecule has 0 saturated heterocycles. The van der Waals surface area contributed by atoms with Crippen molar-refractivity contribution in [2.45, 2.75) is 13.2 Å². The third-order valence-corrected chi connectivity index (χ3v) is 4.75. The second kappa shape index (κ2) is 8.53. The van der Waals surface area contributed by atoms with Crippen LogP contribution in [0.1, 0.15) is 21.5 Å². The highest BCUT2D eigenvalue weighted by molar-refractivity contribution is 6.08. The van der Waals surface area contributed by atoms with Gasteiger partial charge in [0.2, 0.25) is 5.88 Å². The Hall–Kier alpha value is -4.06. The molecule has 150 valence electrons. The maximum Gasteiger partial charge on any atom is 0.294 e. The SMILES string of the molecule is O=C(NCc1ccccc1)c1c(O)n(OCc2ccccc2)c(=O)c2ccccc12. The van der Waals surface area contributed by atoms with E-state index < -0.39 is 17.3 Å². The van der Waals surface area contributed by atoms with Gasteiger partial charge in [0, 0.05) is 11.9 Å². The first kappa shape index (κ1) is 19.3. The van der Waals surface area contributed by atoms with E-state index in [1.54, 1.807) is 24.3 Å². The van der Waals surface area contributed by atoms with Crippen LogP contribution in [-0.2, 0) is 13.2 Å². The smallest absolute Gasteiger partial charge is 0.294 e. The molecule has 0 fully saturated rings. The minimum Gasteiger partial charge on any atom is -0.492 e. The topological polar surface area (TPSA) is 80.6 Å². The summed E-state index contributed by atoms with van der Waals surface area (Å²) in [6.07, 6.45) is 0. The Labute approximate surface area is 172 Å². The summed E-state index contributed by atoms with van der Waals surface area (Å²) >= 11 is 0. The number of amides is 1. The molecule has 2 N–H and O–H groups in total. The van der Waals surface area contributed by atoms with E-state index in [1.165, 1.54) is 0 Å². The number of nitrogens with zero attached hydrogens (tertiary/aromatic N) is 1. The fourth-order valence-corrected chi connectivity index (χ4v) is 3.24. The number of nitrogens with one attached hydrogen (secondary N) is 1. The monoisotopic (exact) mass is 400 g/mol. The van der Waals surface area contributed by atoms with Crippen LogP contribution in [0.5, 0.6) is 5.88 Å². The average molecular weight is 400 g/mol. The van der Waals surface area contributed by atoms with Crippen LogP contribution in [0, 0.1) is 0 Å². The summed E-state index contributed by atoms with van der Waals surface area (Å²) in [5, 5.41) is 14.2. The van der Waals surface area contributed by atoms with Crippen molar-refractivity contribution in [3.05, 3.63) is 112 Å². The van der Waals surface area contributed by atoms with Gasteiger partial charge in [-0.05, 0) is 17.2 Å². The van der Waals surface area contributed by atoms with Gasteiger partial charge >= 0.3 is 0 Å². The number of aromatic nitrogens is 1. The molecule has 0 unspecified atom stereocenters. The first-order valence-electron chi connectivity index (χ1n) is 9.51. The average Bonchev–Trinajstić information content (AvgIpc) is 2.79. The highest BCUT2D eigenvalue weighted by Crippen LogP contribution is 2.24. The van der Waals surface area contributed by atoms with E-state index in [2.05, 4.69) is 5.32 Å². The number of carbonyl (C=O) groups excluding carboxylic acids is 1. The van der Waals surface area contributed by atoms with Crippen LogP contribution in [0.25, 0.3) is 10.8 Å². The van der Waals surface area contributed by atoms with Gasteiger partial charge in [-0.2, -0.15) is 0 Å². The van der Waals surface area contributed by atoms with Crippen molar-refractivity contribution < 1.29 is 14.7 Å². The molecule has 1 amide bonds. The normalized spacial score (nSPS) is 10.7.